The van der Waals surface area contributed by atoms with Crippen molar-refractivity contribution in [2.75, 3.05) is 33.0 Å². The molecule has 0 spiro atoms. The standard InChI is InChI=1S/C20H32O5/c1-2-3-4-5-6-7-8-18-9-11-19(12-10-18)25-16-15-23-13-14-24-17-20(21)22/h9-12H,2-8,13-17H2,1H3,(H,21,22). The summed E-state index contributed by atoms with van der Waals surface area (Å²) in [6.07, 6.45) is 9.04. The Morgan fingerprint density at radius 2 is 1.52 bits per heavy atom. The second-order valence-electron chi connectivity index (χ2n) is 6.07. The largest absolute Gasteiger partial charge is 0.491 e. The molecular weight excluding hydrogens is 320 g/mol. The van der Waals surface area contributed by atoms with Gasteiger partial charge in [-0.2, -0.15) is 0 Å². The highest BCUT2D eigenvalue weighted by atomic mass is 16.5. The molecule has 0 bridgehead atoms. The molecule has 5 nitrogen and oxygen atoms in total. The molecule has 0 aromatic heterocycles. The number of carbonyl (C=O) groups is 1. The van der Waals surface area contributed by atoms with Crippen LogP contribution in [-0.2, 0) is 20.7 Å². The molecule has 0 fully saturated rings. The Morgan fingerprint density at radius 3 is 2.24 bits per heavy atom. The first kappa shape index (κ1) is 21.5. The van der Waals surface area contributed by atoms with Crippen LogP contribution in [0, 0.1) is 0 Å². The van der Waals surface area contributed by atoms with Crippen molar-refractivity contribution in [3.05, 3.63) is 29.8 Å². The molecule has 1 rings (SSSR count). The highest BCUT2D eigenvalue weighted by molar-refractivity contribution is 5.67. The van der Waals surface area contributed by atoms with Crippen molar-refractivity contribution in [1.82, 2.24) is 0 Å². The van der Waals surface area contributed by atoms with E-state index in [1.165, 1.54) is 44.1 Å². The predicted octanol–water partition coefficient (Wildman–Crippen LogP) is 4.09. The summed E-state index contributed by atoms with van der Waals surface area (Å²) in [7, 11) is 0. The Labute approximate surface area is 151 Å². The van der Waals surface area contributed by atoms with Gasteiger partial charge in [-0.05, 0) is 30.5 Å². The second kappa shape index (κ2) is 14.7. The fourth-order valence-corrected chi connectivity index (χ4v) is 2.46. The van der Waals surface area contributed by atoms with Crippen molar-refractivity contribution in [1.29, 1.82) is 0 Å². The third kappa shape index (κ3) is 12.4. The molecule has 0 aliphatic rings. The van der Waals surface area contributed by atoms with Gasteiger partial charge in [0.05, 0.1) is 19.8 Å². The predicted molar refractivity (Wildman–Crippen MR) is 98.3 cm³/mol. The summed E-state index contributed by atoms with van der Waals surface area (Å²) in [5.41, 5.74) is 1.36. The van der Waals surface area contributed by atoms with E-state index in [9.17, 15) is 4.79 Å². The number of benzene rings is 1. The van der Waals surface area contributed by atoms with E-state index in [2.05, 4.69) is 19.1 Å². The fraction of sp³-hybridized carbons (Fsp3) is 0.650. The summed E-state index contributed by atoms with van der Waals surface area (Å²) in [5, 5.41) is 8.41. The molecule has 0 saturated carbocycles. The number of ether oxygens (including phenoxy) is 3. The van der Waals surface area contributed by atoms with Crippen LogP contribution < -0.4 is 4.74 Å². The first-order valence-corrected chi connectivity index (χ1v) is 9.31. The molecule has 1 aromatic rings. The van der Waals surface area contributed by atoms with E-state index in [1.54, 1.807) is 0 Å². The topological polar surface area (TPSA) is 65.0 Å². The van der Waals surface area contributed by atoms with E-state index in [-0.39, 0.29) is 13.2 Å². The van der Waals surface area contributed by atoms with Gasteiger partial charge in [-0.3, -0.25) is 0 Å². The van der Waals surface area contributed by atoms with E-state index in [1.807, 2.05) is 12.1 Å². The van der Waals surface area contributed by atoms with Crippen LogP contribution in [-0.4, -0.2) is 44.1 Å². The number of hydrogen-bond donors (Lipinski definition) is 1. The van der Waals surface area contributed by atoms with Gasteiger partial charge in [-0.1, -0.05) is 51.2 Å². The lowest BCUT2D eigenvalue weighted by Crippen LogP contribution is -2.13. The van der Waals surface area contributed by atoms with E-state index in [0.29, 0.717) is 19.8 Å². The van der Waals surface area contributed by atoms with Crippen LogP contribution >= 0.6 is 0 Å². The molecule has 0 aliphatic heterocycles. The molecule has 0 aliphatic carbocycles. The van der Waals surface area contributed by atoms with Gasteiger partial charge in [0.2, 0.25) is 0 Å². The number of rotatable bonds is 16. The Morgan fingerprint density at radius 1 is 0.880 bits per heavy atom. The normalized spacial score (nSPS) is 10.8. The zero-order valence-electron chi connectivity index (χ0n) is 15.4. The van der Waals surface area contributed by atoms with Crippen molar-refractivity contribution >= 4 is 5.97 Å². The van der Waals surface area contributed by atoms with E-state index < -0.39 is 5.97 Å². The highest BCUT2D eigenvalue weighted by Gasteiger charge is 1.98. The van der Waals surface area contributed by atoms with Crippen LogP contribution in [0.3, 0.4) is 0 Å². The third-order valence-corrected chi connectivity index (χ3v) is 3.84. The average Bonchev–Trinajstić information content (AvgIpc) is 2.61. The van der Waals surface area contributed by atoms with Gasteiger partial charge in [0.1, 0.15) is 19.0 Å². The smallest absolute Gasteiger partial charge is 0.329 e. The Hall–Kier alpha value is -1.59. The lowest BCUT2D eigenvalue weighted by molar-refractivity contribution is -0.142. The summed E-state index contributed by atoms with van der Waals surface area (Å²) >= 11 is 0. The van der Waals surface area contributed by atoms with E-state index in [0.717, 1.165) is 12.2 Å². The maximum atomic E-state index is 10.2. The fourth-order valence-electron chi connectivity index (χ4n) is 2.46. The quantitative estimate of drug-likeness (QED) is 0.454. The average molecular weight is 352 g/mol. The zero-order chi connectivity index (χ0) is 18.2. The summed E-state index contributed by atoms with van der Waals surface area (Å²) in [6, 6.07) is 8.26. The SMILES string of the molecule is CCCCCCCCc1ccc(OCCOCCOCC(=O)O)cc1. The molecule has 142 valence electrons. The van der Waals surface area contributed by atoms with Crippen LogP contribution in [0.2, 0.25) is 0 Å². The van der Waals surface area contributed by atoms with Crippen molar-refractivity contribution in [2.45, 2.75) is 51.9 Å². The second-order valence-corrected chi connectivity index (χ2v) is 6.07. The molecule has 0 heterocycles. The molecule has 1 N–H and O–H groups in total. The molecule has 0 radical (unpaired) electrons. The van der Waals surface area contributed by atoms with Crippen molar-refractivity contribution in [3.8, 4) is 5.75 Å². The van der Waals surface area contributed by atoms with Crippen molar-refractivity contribution in [3.63, 3.8) is 0 Å². The summed E-state index contributed by atoms with van der Waals surface area (Å²) in [5.74, 6) is -0.124. The first-order chi connectivity index (χ1) is 12.2. The molecular formula is C20H32O5. The van der Waals surface area contributed by atoms with Gasteiger partial charge in [0, 0.05) is 0 Å². The molecule has 5 heteroatoms. The number of aryl methyl sites for hydroxylation is 1. The van der Waals surface area contributed by atoms with E-state index in [4.69, 9.17) is 19.3 Å². The number of unbranched alkanes of at least 4 members (excludes halogenated alkanes) is 5. The van der Waals surface area contributed by atoms with Gasteiger partial charge in [0.15, 0.2) is 0 Å². The van der Waals surface area contributed by atoms with Gasteiger partial charge in [-0.25, -0.2) is 4.79 Å². The zero-order valence-corrected chi connectivity index (χ0v) is 15.4. The van der Waals surface area contributed by atoms with Crippen molar-refractivity contribution < 1.29 is 24.1 Å². The number of hydrogen-bond acceptors (Lipinski definition) is 4. The Balaban J connectivity index is 2.01. The molecule has 0 saturated heterocycles. The molecule has 0 unspecified atom stereocenters. The Kier molecular flexibility index (Phi) is 12.6. The lowest BCUT2D eigenvalue weighted by atomic mass is 10.0. The van der Waals surface area contributed by atoms with Gasteiger partial charge < -0.3 is 19.3 Å². The van der Waals surface area contributed by atoms with Crippen LogP contribution in [0.25, 0.3) is 0 Å². The molecule has 1 aromatic carbocycles. The minimum Gasteiger partial charge on any atom is -0.491 e. The van der Waals surface area contributed by atoms with Crippen LogP contribution in [0.5, 0.6) is 5.75 Å². The minimum absolute atomic E-state index is 0.277. The maximum Gasteiger partial charge on any atom is 0.329 e. The third-order valence-electron chi connectivity index (χ3n) is 3.84. The summed E-state index contributed by atoms with van der Waals surface area (Å²) in [6.45, 7) is 3.52. The summed E-state index contributed by atoms with van der Waals surface area (Å²) < 4.78 is 15.8. The van der Waals surface area contributed by atoms with Crippen LogP contribution in [0.15, 0.2) is 24.3 Å². The maximum absolute atomic E-state index is 10.2. The number of carboxylic acids is 1. The lowest BCUT2D eigenvalue weighted by Gasteiger charge is -2.08. The molecule has 25 heavy (non-hydrogen) atoms. The van der Waals surface area contributed by atoms with Gasteiger partial charge in [-0.15, -0.1) is 0 Å². The van der Waals surface area contributed by atoms with Gasteiger partial charge in [0.25, 0.3) is 0 Å². The highest BCUT2D eigenvalue weighted by Crippen LogP contribution is 2.15. The Bertz CT molecular complexity index is 444. The molecule has 0 amide bonds. The molecule has 0 atom stereocenters. The summed E-state index contributed by atoms with van der Waals surface area (Å²) in [4.78, 5) is 10.2. The monoisotopic (exact) mass is 352 g/mol. The van der Waals surface area contributed by atoms with Gasteiger partial charge >= 0.3 is 5.97 Å². The van der Waals surface area contributed by atoms with Crippen LogP contribution in [0.1, 0.15) is 51.0 Å². The van der Waals surface area contributed by atoms with E-state index >= 15 is 0 Å². The number of aliphatic carboxylic acids is 1. The van der Waals surface area contributed by atoms with Crippen molar-refractivity contribution in [2.24, 2.45) is 0 Å². The first-order valence-electron chi connectivity index (χ1n) is 9.31. The number of carboxylic acid groups (broad SMARTS) is 1. The van der Waals surface area contributed by atoms with Crippen LogP contribution in [0.4, 0.5) is 0 Å². The minimum atomic E-state index is -0.969.